The smallest absolute Gasteiger partial charge is 0.266 e. The summed E-state index contributed by atoms with van der Waals surface area (Å²) in [5, 5.41) is 4.26. The Morgan fingerprint density at radius 2 is 1.89 bits per heavy atom. The summed E-state index contributed by atoms with van der Waals surface area (Å²) < 4.78 is 30.7. The maximum atomic E-state index is 12.6. The van der Waals surface area contributed by atoms with Crippen molar-refractivity contribution >= 4 is 10.0 Å². The zero-order chi connectivity index (χ0) is 19.6. The van der Waals surface area contributed by atoms with Crippen LogP contribution in [0.4, 0.5) is 0 Å². The number of fused-ring (bicyclic) bond motifs is 1. The van der Waals surface area contributed by atoms with Gasteiger partial charge in [-0.25, -0.2) is 22.8 Å². The van der Waals surface area contributed by atoms with Crippen molar-refractivity contribution < 1.29 is 8.42 Å². The minimum Gasteiger partial charge on any atom is -0.289 e. The molecule has 8 nitrogen and oxygen atoms in total. The van der Waals surface area contributed by atoms with Crippen molar-refractivity contribution in [2.75, 3.05) is 6.54 Å². The van der Waals surface area contributed by atoms with Crippen LogP contribution in [0.15, 0.2) is 58.7 Å². The number of imidazole rings is 1. The van der Waals surface area contributed by atoms with Crippen LogP contribution in [-0.4, -0.2) is 34.3 Å². The molecule has 2 heterocycles. The minimum absolute atomic E-state index is 0.0692. The molecule has 1 N–H and O–H groups in total. The molecule has 146 valence electrons. The van der Waals surface area contributed by atoms with Crippen molar-refractivity contribution in [2.45, 2.75) is 37.1 Å². The number of benzene rings is 1. The quantitative estimate of drug-likeness (QED) is 0.673. The third kappa shape index (κ3) is 3.90. The van der Waals surface area contributed by atoms with Crippen LogP contribution in [0.25, 0.3) is 5.82 Å². The summed E-state index contributed by atoms with van der Waals surface area (Å²) in [6, 6.07) is 8.32. The number of hydrogen-bond acceptors (Lipinski definition) is 5. The lowest BCUT2D eigenvalue weighted by molar-refractivity contribution is 0.544. The molecule has 0 unspecified atom stereocenters. The summed E-state index contributed by atoms with van der Waals surface area (Å²) in [4.78, 5) is 16.2. The number of rotatable bonds is 6. The topological polar surface area (TPSA) is 98.9 Å². The molecule has 0 spiro atoms. The van der Waals surface area contributed by atoms with Crippen LogP contribution >= 0.6 is 0 Å². The van der Waals surface area contributed by atoms with Crippen molar-refractivity contribution in [3.63, 3.8) is 0 Å². The largest absolute Gasteiger partial charge is 0.289 e. The van der Waals surface area contributed by atoms with Gasteiger partial charge in [-0.1, -0.05) is 6.07 Å². The van der Waals surface area contributed by atoms with Gasteiger partial charge in [0.05, 0.1) is 11.4 Å². The van der Waals surface area contributed by atoms with E-state index in [1.54, 1.807) is 41.5 Å². The first-order chi connectivity index (χ1) is 13.5. The minimum atomic E-state index is -3.64. The van der Waals surface area contributed by atoms with E-state index in [1.165, 1.54) is 16.3 Å². The predicted molar refractivity (Wildman–Crippen MR) is 104 cm³/mol. The molecule has 4 rings (SSSR count). The average molecular weight is 399 g/mol. The van der Waals surface area contributed by atoms with Gasteiger partial charge in [0.15, 0.2) is 5.82 Å². The van der Waals surface area contributed by atoms with Gasteiger partial charge in [0, 0.05) is 25.0 Å². The van der Waals surface area contributed by atoms with E-state index in [2.05, 4.69) is 14.8 Å². The van der Waals surface area contributed by atoms with E-state index >= 15 is 0 Å². The Hall–Kier alpha value is -2.78. The van der Waals surface area contributed by atoms with Gasteiger partial charge in [0.2, 0.25) is 10.0 Å². The first-order valence-electron chi connectivity index (χ1n) is 9.21. The monoisotopic (exact) mass is 399 g/mol. The molecule has 9 heteroatoms. The van der Waals surface area contributed by atoms with Gasteiger partial charge < -0.3 is 0 Å². The first-order valence-corrected chi connectivity index (χ1v) is 10.7. The summed E-state index contributed by atoms with van der Waals surface area (Å²) in [5.74, 6) is 0.537. The molecule has 3 aromatic rings. The Morgan fingerprint density at radius 3 is 2.68 bits per heavy atom. The van der Waals surface area contributed by atoms with Crippen LogP contribution in [0.5, 0.6) is 0 Å². The molecule has 0 aliphatic heterocycles. The van der Waals surface area contributed by atoms with E-state index in [1.807, 2.05) is 6.07 Å². The third-order valence-electron chi connectivity index (χ3n) is 4.87. The molecule has 2 aromatic heterocycles. The molecular formula is C19H21N5O3S. The number of sulfonamides is 1. The van der Waals surface area contributed by atoms with Crippen LogP contribution in [0.2, 0.25) is 0 Å². The Kier molecular flexibility index (Phi) is 5.10. The van der Waals surface area contributed by atoms with Crippen LogP contribution in [0, 0.1) is 0 Å². The van der Waals surface area contributed by atoms with Crippen LogP contribution in [0.3, 0.4) is 0 Å². The van der Waals surface area contributed by atoms with E-state index in [9.17, 15) is 13.2 Å². The standard InChI is InChI=1S/C19H21N5O3S/c25-19-8-7-18(23-11-9-20-14-23)22-24(19)12-10-21-28(26,27)17-6-5-15-3-1-2-4-16(15)13-17/h5-9,11,13-14,21H,1-4,10,12H2. The summed E-state index contributed by atoms with van der Waals surface area (Å²) in [7, 11) is -3.64. The predicted octanol–water partition coefficient (Wildman–Crippen LogP) is 1.29. The van der Waals surface area contributed by atoms with Gasteiger partial charge in [-0.15, -0.1) is 0 Å². The molecule has 1 aromatic carbocycles. The van der Waals surface area contributed by atoms with Gasteiger partial charge in [0.1, 0.15) is 6.33 Å². The highest BCUT2D eigenvalue weighted by atomic mass is 32.2. The highest BCUT2D eigenvalue weighted by Crippen LogP contribution is 2.23. The van der Waals surface area contributed by atoms with E-state index in [4.69, 9.17) is 0 Å². The number of nitrogens with zero attached hydrogens (tertiary/aromatic N) is 4. The van der Waals surface area contributed by atoms with Crippen LogP contribution in [-0.2, 0) is 29.4 Å². The fourth-order valence-electron chi connectivity index (χ4n) is 3.38. The zero-order valence-corrected chi connectivity index (χ0v) is 16.1. The Labute approximate surface area is 162 Å². The Bertz CT molecular complexity index is 1140. The normalized spacial score (nSPS) is 14.0. The number of aromatic nitrogens is 4. The lowest BCUT2D eigenvalue weighted by Crippen LogP contribution is -2.32. The molecule has 0 saturated heterocycles. The summed E-state index contributed by atoms with van der Waals surface area (Å²) in [6.45, 7) is 0.200. The van der Waals surface area contributed by atoms with Gasteiger partial charge in [0.25, 0.3) is 5.56 Å². The molecule has 1 aliphatic rings. The summed E-state index contributed by atoms with van der Waals surface area (Å²) >= 11 is 0. The zero-order valence-electron chi connectivity index (χ0n) is 15.3. The Morgan fingerprint density at radius 1 is 1.07 bits per heavy atom. The van der Waals surface area contributed by atoms with E-state index in [-0.39, 0.29) is 23.5 Å². The highest BCUT2D eigenvalue weighted by molar-refractivity contribution is 7.89. The number of nitrogens with one attached hydrogen (secondary N) is 1. The van der Waals surface area contributed by atoms with Crippen molar-refractivity contribution in [1.82, 2.24) is 24.1 Å². The van der Waals surface area contributed by atoms with Gasteiger partial charge in [-0.3, -0.25) is 9.36 Å². The fourth-order valence-corrected chi connectivity index (χ4v) is 4.45. The van der Waals surface area contributed by atoms with E-state index in [0.717, 1.165) is 31.2 Å². The second-order valence-corrected chi connectivity index (χ2v) is 8.53. The summed E-state index contributed by atoms with van der Waals surface area (Å²) in [5.41, 5.74) is 2.05. The van der Waals surface area contributed by atoms with E-state index in [0.29, 0.717) is 5.82 Å². The van der Waals surface area contributed by atoms with Crippen LogP contribution < -0.4 is 10.3 Å². The molecule has 0 saturated carbocycles. The van der Waals surface area contributed by atoms with Crippen molar-refractivity contribution in [1.29, 1.82) is 0 Å². The lowest BCUT2D eigenvalue weighted by atomic mass is 9.92. The molecule has 0 radical (unpaired) electrons. The third-order valence-corrected chi connectivity index (χ3v) is 6.33. The number of aryl methyl sites for hydroxylation is 2. The second kappa shape index (κ2) is 7.69. The van der Waals surface area contributed by atoms with Crippen molar-refractivity contribution in [3.8, 4) is 5.82 Å². The summed E-state index contributed by atoms with van der Waals surface area (Å²) in [6.07, 6.45) is 9.07. The van der Waals surface area contributed by atoms with Crippen LogP contribution in [0.1, 0.15) is 24.0 Å². The van der Waals surface area contributed by atoms with Gasteiger partial charge in [-0.05, 0) is 55.0 Å². The number of hydrogen-bond donors (Lipinski definition) is 1. The average Bonchev–Trinajstić information content (AvgIpc) is 3.24. The van der Waals surface area contributed by atoms with Gasteiger partial charge >= 0.3 is 0 Å². The SMILES string of the molecule is O=c1ccc(-n2ccnc2)nn1CCNS(=O)(=O)c1ccc2c(c1)CCCC2. The van der Waals surface area contributed by atoms with Crippen molar-refractivity contribution in [2.24, 2.45) is 0 Å². The molecule has 0 fully saturated rings. The fraction of sp³-hybridized carbons (Fsp3) is 0.316. The first kappa shape index (κ1) is 18.6. The molecule has 1 aliphatic carbocycles. The maximum Gasteiger partial charge on any atom is 0.266 e. The molecule has 28 heavy (non-hydrogen) atoms. The lowest BCUT2D eigenvalue weighted by Gasteiger charge is -2.17. The second-order valence-electron chi connectivity index (χ2n) is 6.76. The Balaban J connectivity index is 1.46. The van der Waals surface area contributed by atoms with Crippen molar-refractivity contribution in [3.05, 3.63) is 70.5 Å². The van der Waals surface area contributed by atoms with Gasteiger partial charge in [-0.2, -0.15) is 5.10 Å². The molecule has 0 bridgehead atoms. The molecule has 0 atom stereocenters. The molecule has 0 amide bonds. The molecular weight excluding hydrogens is 378 g/mol. The highest BCUT2D eigenvalue weighted by Gasteiger charge is 2.17. The maximum absolute atomic E-state index is 12.6. The van der Waals surface area contributed by atoms with E-state index < -0.39 is 10.0 Å².